The number of fused-ring (bicyclic) bond motifs is 2. The molecule has 8 heteroatoms. The van der Waals surface area contributed by atoms with Crippen LogP contribution >= 0.6 is 11.3 Å². The number of nitrogens with zero attached hydrogens (tertiary/aromatic N) is 2. The summed E-state index contributed by atoms with van der Waals surface area (Å²) in [6, 6.07) is 14.0. The number of para-hydroxylation sites is 1. The summed E-state index contributed by atoms with van der Waals surface area (Å²) < 4.78 is 1.13. The quantitative estimate of drug-likeness (QED) is 0.630. The van der Waals surface area contributed by atoms with Crippen LogP contribution in [0.1, 0.15) is 35.8 Å². The molecular weight excluding hydrogens is 390 g/mol. The molecule has 0 radical (unpaired) electrons. The van der Waals surface area contributed by atoms with E-state index in [-0.39, 0.29) is 24.2 Å². The standard InChI is InChI=1S/C20H17N3O2S.CH2O2/c24-18-11-14(20-22-15-4-1-2-5-17(15)26-20)13-8-7-12(10-16(13)21-18)23-9-3-6-19(23)25;2-1-3/h1-2,4-5,7-8,10,14H,3,6,9,11H2,(H,21,24);1H,(H,2,3). The molecule has 1 atom stereocenters. The second-order valence-corrected chi connectivity index (χ2v) is 7.91. The Hall–Kier alpha value is -3.26. The van der Waals surface area contributed by atoms with Crippen molar-refractivity contribution in [2.75, 3.05) is 16.8 Å². The number of hydrogen-bond donors (Lipinski definition) is 2. The van der Waals surface area contributed by atoms with Crippen molar-refractivity contribution in [1.29, 1.82) is 0 Å². The number of hydrogen-bond acceptors (Lipinski definition) is 5. The van der Waals surface area contributed by atoms with Crippen molar-refractivity contribution in [2.24, 2.45) is 0 Å². The van der Waals surface area contributed by atoms with Gasteiger partial charge in [0.1, 0.15) is 5.01 Å². The number of thiazole rings is 1. The minimum atomic E-state index is -0.250. The summed E-state index contributed by atoms with van der Waals surface area (Å²) in [6.07, 6.45) is 1.88. The Morgan fingerprint density at radius 1 is 1.21 bits per heavy atom. The van der Waals surface area contributed by atoms with E-state index in [1.54, 1.807) is 16.2 Å². The Balaban J connectivity index is 0.000000645. The number of carbonyl (C=O) groups is 3. The maximum Gasteiger partial charge on any atom is 0.290 e. The normalized spacial score (nSPS) is 18.1. The molecule has 148 valence electrons. The lowest BCUT2D eigenvalue weighted by molar-refractivity contribution is -0.123. The van der Waals surface area contributed by atoms with Crippen molar-refractivity contribution in [2.45, 2.75) is 25.2 Å². The third-order valence-corrected chi connectivity index (χ3v) is 6.22. The summed E-state index contributed by atoms with van der Waals surface area (Å²) in [5.41, 5.74) is 3.69. The smallest absolute Gasteiger partial charge is 0.290 e. The minimum absolute atomic E-state index is 0.00773. The average Bonchev–Trinajstić information content (AvgIpc) is 3.33. The lowest BCUT2D eigenvalue weighted by Crippen LogP contribution is -2.26. The van der Waals surface area contributed by atoms with Gasteiger partial charge in [0.05, 0.1) is 10.2 Å². The predicted molar refractivity (Wildman–Crippen MR) is 111 cm³/mol. The fourth-order valence-electron chi connectivity index (χ4n) is 3.80. The molecule has 0 bridgehead atoms. The molecule has 3 aromatic rings. The summed E-state index contributed by atoms with van der Waals surface area (Å²) in [4.78, 5) is 39.2. The third-order valence-electron chi connectivity index (χ3n) is 5.07. The van der Waals surface area contributed by atoms with E-state index in [2.05, 4.69) is 11.4 Å². The summed E-state index contributed by atoms with van der Waals surface area (Å²) >= 11 is 1.64. The molecule has 1 unspecified atom stereocenters. The Labute approximate surface area is 171 Å². The van der Waals surface area contributed by atoms with Gasteiger partial charge < -0.3 is 15.3 Å². The van der Waals surface area contributed by atoms with Crippen LogP contribution in [0.2, 0.25) is 0 Å². The molecule has 29 heavy (non-hydrogen) atoms. The molecule has 2 aliphatic rings. The van der Waals surface area contributed by atoms with Crippen molar-refractivity contribution < 1.29 is 19.5 Å². The fraction of sp³-hybridized carbons (Fsp3) is 0.238. The molecule has 0 aliphatic carbocycles. The van der Waals surface area contributed by atoms with Gasteiger partial charge in [-0.05, 0) is 36.2 Å². The summed E-state index contributed by atoms with van der Waals surface area (Å²) in [7, 11) is 0. The molecular formula is C21H19N3O4S. The van der Waals surface area contributed by atoms with Crippen LogP contribution in [0.5, 0.6) is 0 Å². The molecule has 2 amide bonds. The van der Waals surface area contributed by atoms with Crippen LogP contribution in [0, 0.1) is 0 Å². The summed E-state index contributed by atoms with van der Waals surface area (Å²) in [6.45, 7) is 0.493. The van der Waals surface area contributed by atoms with Gasteiger partial charge in [0.15, 0.2) is 0 Å². The van der Waals surface area contributed by atoms with Crippen LogP contribution < -0.4 is 10.2 Å². The van der Waals surface area contributed by atoms with E-state index >= 15 is 0 Å². The summed E-state index contributed by atoms with van der Waals surface area (Å²) in [5.74, 6) is 0.0981. The van der Waals surface area contributed by atoms with E-state index in [1.165, 1.54) is 0 Å². The maximum atomic E-state index is 12.3. The fourth-order valence-corrected chi connectivity index (χ4v) is 4.89. The van der Waals surface area contributed by atoms with Crippen LogP contribution in [0.25, 0.3) is 10.2 Å². The van der Waals surface area contributed by atoms with Gasteiger partial charge >= 0.3 is 0 Å². The van der Waals surface area contributed by atoms with Gasteiger partial charge in [-0.2, -0.15) is 0 Å². The van der Waals surface area contributed by atoms with Gasteiger partial charge in [-0.3, -0.25) is 14.4 Å². The number of anilines is 2. The zero-order valence-electron chi connectivity index (χ0n) is 15.5. The largest absolute Gasteiger partial charge is 0.483 e. The highest BCUT2D eigenvalue weighted by molar-refractivity contribution is 7.18. The van der Waals surface area contributed by atoms with E-state index < -0.39 is 0 Å². The van der Waals surface area contributed by atoms with E-state index in [9.17, 15) is 9.59 Å². The van der Waals surface area contributed by atoms with E-state index in [0.717, 1.165) is 45.1 Å². The van der Waals surface area contributed by atoms with Gasteiger partial charge in [-0.15, -0.1) is 11.3 Å². The first-order valence-electron chi connectivity index (χ1n) is 9.28. The first-order chi connectivity index (χ1) is 14.1. The number of benzene rings is 2. The second kappa shape index (κ2) is 8.00. The van der Waals surface area contributed by atoms with Gasteiger partial charge in [-0.25, -0.2) is 4.98 Å². The van der Waals surface area contributed by atoms with Crippen molar-refractivity contribution in [3.63, 3.8) is 0 Å². The van der Waals surface area contributed by atoms with Crippen LogP contribution in [0.3, 0.4) is 0 Å². The van der Waals surface area contributed by atoms with E-state index in [4.69, 9.17) is 14.9 Å². The zero-order chi connectivity index (χ0) is 20.4. The molecule has 0 saturated carbocycles. The van der Waals surface area contributed by atoms with Gasteiger partial charge in [0.2, 0.25) is 11.8 Å². The third kappa shape index (κ3) is 3.71. The van der Waals surface area contributed by atoms with Gasteiger partial charge in [0, 0.05) is 36.7 Å². The number of aromatic nitrogens is 1. The SMILES string of the molecule is O=C1CC(c2nc3ccccc3s2)c2ccc(N3CCCC3=O)cc2N1.O=CO. The highest BCUT2D eigenvalue weighted by atomic mass is 32.1. The average molecular weight is 409 g/mol. The number of carboxylic acid groups (broad SMARTS) is 1. The number of nitrogens with one attached hydrogen (secondary N) is 1. The zero-order valence-corrected chi connectivity index (χ0v) is 16.3. The Morgan fingerprint density at radius 2 is 2.00 bits per heavy atom. The van der Waals surface area contributed by atoms with Crippen LogP contribution in [-0.2, 0) is 14.4 Å². The molecule has 2 N–H and O–H groups in total. The van der Waals surface area contributed by atoms with Crippen molar-refractivity contribution in [3.05, 3.63) is 53.0 Å². The molecule has 7 nitrogen and oxygen atoms in total. The summed E-state index contributed by atoms with van der Waals surface area (Å²) in [5, 5.41) is 10.8. The molecule has 2 aromatic carbocycles. The Bertz CT molecular complexity index is 1060. The predicted octanol–water partition coefficient (Wildman–Crippen LogP) is 3.60. The highest BCUT2D eigenvalue weighted by Crippen LogP contribution is 2.41. The first-order valence-corrected chi connectivity index (χ1v) is 10.1. The molecule has 0 spiro atoms. The number of carbonyl (C=O) groups excluding carboxylic acids is 2. The molecule has 1 fully saturated rings. The monoisotopic (exact) mass is 409 g/mol. The number of amides is 2. The first kappa shape index (κ1) is 19.1. The number of rotatable bonds is 2. The lowest BCUT2D eigenvalue weighted by Gasteiger charge is -2.26. The second-order valence-electron chi connectivity index (χ2n) is 6.85. The molecule has 2 aliphatic heterocycles. The van der Waals surface area contributed by atoms with Crippen molar-refractivity contribution in [1.82, 2.24) is 4.98 Å². The van der Waals surface area contributed by atoms with E-state index in [1.807, 2.05) is 36.4 Å². The molecule has 1 aromatic heterocycles. The molecule has 5 rings (SSSR count). The van der Waals surface area contributed by atoms with Crippen LogP contribution in [0.4, 0.5) is 11.4 Å². The lowest BCUT2D eigenvalue weighted by atomic mass is 9.90. The molecule has 1 saturated heterocycles. The highest BCUT2D eigenvalue weighted by Gasteiger charge is 2.30. The van der Waals surface area contributed by atoms with Crippen LogP contribution in [-0.4, -0.2) is 34.9 Å². The van der Waals surface area contributed by atoms with Crippen molar-refractivity contribution >= 4 is 51.2 Å². The maximum absolute atomic E-state index is 12.3. The van der Waals surface area contributed by atoms with E-state index in [0.29, 0.717) is 12.8 Å². The Kier molecular flexibility index (Phi) is 5.26. The van der Waals surface area contributed by atoms with Gasteiger partial charge in [-0.1, -0.05) is 18.2 Å². The van der Waals surface area contributed by atoms with Crippen molar-refractivity contribution in [3.8, 4) is 0 Å². The van der Waals surface area contributed by atoms with Gasteiger partial charge in [0.25, 0.3) is 6.47 Å². The molecule has 3 heterocycles. The van der Waals surface area contributed by atoms with Crippen LogP contribution in [0.15, 0.2) is 42.5 Å². The Morgan fingerprint density at radius 3 is 2.72 bits per heavy atom. The topological polar surface area (TPSA) is 99.6 Å². The minimum Gasteiger partial charge on any atom is -0.483 e.